The summed E-state index contributed by atoms with van der Waals surface area (Å²) in [5.74, 6) is 0.329. The zero-order chi connectivity index (χ0) is 17.4. The molecule has 0 unspecified atom stereocenters. The molecule has 1 aromatic heterocycles. The molecule has 0 aliphatic heterocycles. The van der Waals surface area contributed by atoms with Gasteiger partial charge >= 0.3 is 0 Å². The summed E-state index contributed by atoms with van der Waals surface area (Å²) in [7, 11) is 1.65. The Bertz CT molecular complexity index is 938. The number of hydrogen-bond donors (Lipinski definition) is 2. The summed E-state index contributed by atoms with van der Waals surface area (Å²) in [5, 5.41) is 1.13. The minimum absolute atomic E-state index is 0.406. The van der Waals surface area contributed by atoms with E-state index >= 15 is 0 Å². The predicted molar refractivity (Wildman–Crippen MR) is 97.7 cm³/mol. The maximum absolute atomic E-state index is 12.0. The molecule has 0 fully saturated rings. The lowest BCUT2D eigenvalue weighted by molar-refractivity contribution is 0.0998. The average Bonchev–Trinajstić information content (AvgIpc) is 2.99. The number of para-hydroxylation sites is 1. The molecule has 0 aliphatic rings. The highest BCUT2D eigenvalue weighted by atomic mass is 16.5. The number of carbonyl (C=O) groups is 1. The van der Waals surface area contributed by atoms with Gasteiger partial charge in [-0.1, -0.05) is 25.1 Å². The number of rotatable bonds is 4. The number of H-pyrrole nitrogens is 1. The molecule has 3 N–H and O–H groups in total. The quantitative estimate of drug-likeness (QED) is 0.758. The molecule has 0 saturated carbocycles. The summed E-state index contributed by atoms with van der Waals surface area (Å²) in [6.45, 7) is 5.98. The molecule has 0 spiro atoms. The van der Waals surface area contributed by atoms with Crippen molar-refractivity contribution in [3.05, 3.63) is 52.7 Å². The van der Waals surface area contributed by atoms with E-state index in [1.54, 1.807) is 7.11 Å². The van der Waals surface area contributed by atoms with E-state index in [4.69, 9.17) is 10.5 Å². The van der Waals surface area contributed by atoms with Gasteiger partial charge in [0, 0.05) is 39.4 Å². The summed E-state index contributed by atoms with van der Waals surface area (Å²) in [4.78, 5) is 15.3. The molecule has 1 heterocycles. The number of fused-ring (bicyclic) bond motifs is 1. The third kappa shape index (κ3) is 2.26. The maximum Gasteiger partial charge on any atom is 0.249 e. The van der Waals surface area contributed by atoms with Crippen LogP contribution in [0.2, 0.25) is 0 Å². The predicted octanol–water partition coefficient (Wildman–Crippen LogP) is 4.12. The van der Waals surface area contributed by atoms with Gasteiger partial charge in [0.05, 0.1) is 7.11 Å². The van der Waals surface area contributed by atoms with Crippen molar-refractivity contribution in [2.75, 3.05) is 7.11 Å². The Morgan fingerprint density at radius 2 is 1.92 bits per heavy atom. The molecular formula is C20H22N2O2. The monoisotopic (exact) mass is 322 g/mol. The van der Waals surface area contributed by atoms with Gasteiger partial charge in [-0.25, -0.2) is 0 Å². The van der Waals surface area contributed by atoms with Crippen LogP contribution in [-0.4, -0.2) is 18.0 Å². The Balaban J connectivity index is 2.44. The van der Waals surface area contributed by atoms with Crippen LogP contribution < -0.4 is 10.5 Å². The molecular weight excluding hydrogens is 300 g/mol. The lowest BCUT2D eigenvalue weighted by Gasteiger charge is -2.21. The molecule has 3 aromatic rings. The van der Waals surface area contributed by atoms with Gasteiger partial charge in [0.25, 0.3) is 0 Å². The molecule has 0 bridgehead atoms. The molecule has 4 heteroatoms. The number of aromatic nitrogens is 1. The van der Waals surface area contributed by atoms with Crippen molar-refractivity contribution in [2.24, 2.45) is 5.73 Å². The normalized spacial score (nSPS) is 11.0. The fraction of sp³-hybridized carbons (Fsp3) is 0.250. The van der Waals surface area contributed by atoms with Crippen LogP contribution in [0.4, 0.5) is 0 Å². The number of nitrogens with one attached hydrogen (secondary N) is 1. The summed E-state index contributed by atoms with van der Waals surface area (Å²) in [6.07, 6.45) is 2.68. The maximum atomic E-state index is 12.0. The fourth-order valence-electron chi connectivity index (χ4n) is 3.53. The Labute approximate surface area is 141 Å². The van der Waals surface area contributed by atoms with Gasteiger partial charge in [-0.3, -0.25) is 4.79 Å². The number of primary amides is 1. The Morgan fingerprint density at radius 1 is 1.21 bits per heavy atom. The van der Waals surface area contributed by atoms with Crippen molar-refractivity contribution in [3.8, 4) is 16.9 Å². The summed E-state index contributed by atoms with van der Waals surface area (Å²) in [5.41, 5.74) is 12.2. The molecule has 4 nitrogen and oxygen atoms in total. The second-order valence-electron chi connectivity index (χ2n) is 5.98. The first-order valence-corrected chi connectivity index (χ1v) is 8.07. The Kier molecular flexibility index (Phi) is 4.06. The molecule has 0 radical (unpaired) electrons. The molecule has 0 saturated heterocycles. The van der Waals surface area contributed by atoms with Crippen LogP contribution in [0.5, 0.6) is 5.75 Å². The number of amides is 1. The summed E-state index contributed by atoms with van der Waals surface area (Å²) in [6, 6.07) is 8.16. The van der Waals surface area contributed by atoms with Crippen molar-refractivity contribution in [3.63, 3.8) is 0 Å². The summed E-state index contributed by atoms with van der Waals surface area (Å²) < 4.78 is 5.75. The zero-order valence-electron chi connectivity index (χ0n) is 14.5. The van der Waals surface area contributed by atoms with E-state index in [2.05, 4.69) is 11.1 Å². The number of aromatic amines is 1. The molecule has 0 atom stereocenters. The van der Waals surface area contributed by atoms with Crippen molar-refractivity contribution in [1.82, 2.24) is 4.98 Å². The molecule has 124 valence electrons. The lowest BCUT2D eigenvalue weighted by Crippen LogP contribution is -2.17. The van der Waals surface area contributed by atoms with Crippen molar-refractivity contribution >= 4 is 16.8 Å². The standard InChI is InChI=1S/C20H22N2O2/c1-5-13-18(20(21)23)12(3)11(2)17(19(13)24-4)15-10-22-16-9-7-6-8-14(15)16/h6-10,22H,5H2,1-4H3,(H2,21,23). The van der Waals surface area contributed by atoms with E-state index in [-0.39, 0.29) is 0 Å². The Morgan fingerprint density at radius 3 is 2.54 bits per heavy atom. The van der Waals surface area contributed by atoms with Crippen LogP contribution in [0.25, 0.3) is 22.0 Å². The van der Waals surface area contributed by atoms with E-state index in [1.165, 1.54) is 0 Å². The van der Waals surface area contributed by atoms with Crippen LogP contribution >= 0.6 is 0 Å². The molecule has 3 rings (SSSR count). The number of benzene rings is 2. The number of hydrogen-bond acceptors (Lipinski definition) is 2. The third-order valence-electron chi connectivity index (χ3n) is 4.78. The minimum Gasteiger partial charge on any atom is -0.496 e. The van der Waals surface area contributed by atoms with Gasteiger partial charge < -0.3 is 15.5 Å². The van der Waals surface area contributed by atoms with Crippen molar-refractivity contribution in [2.45, 2.75) is 27.2 Å². The highest BCUT2D eigenvalue weighted by molar-refractivity contribution is 6.02. The van der Waals surface area contributed by atoms with Crippen LogP contribution in [0.15, 0.2) is 30.5 Å². The van der Waals surface area contributed by atoms with E-state index in [0.29, 0.717) is 12.0 Å². The first-order chi connectivity index (χ1) is 11.5. The van der Waals surface area contributed by atoms with Gasteiger partial charge in [0.2, 0.25) is 5.91 Å². The molecule has 2 aromatic carbocycles. The molecule has 24 heavy (non-hydrogen) atoms. The van der Waals surface area contributed by atoms with Gasteiger partial charge in [-0.05, 0) is 37.5 Å². The second-order valence-corrected chi connectivity index (χ2v) is 5.98. The Hall–Kier alpha value is -2.75. The topological polar surface area (TPSA) is 68.1 Å². The minimum atomic E-state index is -0.406. The van der Waals surface area contributed by atoms with E-state index in [1.807, 2.05) is 45.2 Å². The summed E-state index contributed by atoms with van der Waals surface area (Å²) >= 11 is 0. The third-order valence-corrected chi connectivity index (χ3v) is 4.78. The molecule has 1 amide bonds. The van der Waals surface area contributed by atoms with Crippen LogP contribution in [0.3, 0.4) is 0 Å². The fourth-order valence-corrected chi connectivity index (χ4v) is 3.53. The van der Waals surface area contributed by atoms with Gasteiger partial charge in [-0.2, -0.15) is 0 Å². The smallest absolute Gasteiger partial charge is 0.249 e. The first kappa shape index (κ1) is 16.1. The molecule has 0 aliphatic carbocycles. The van der Waals surface area contributed by atoms with E-state index in [9.17, 15) is 4.79 Å². The number of nitrogens with two attached hydrogens (primary N) is 1. The average molecular weight is 322 g/mol. The van der Waals surface area contributed by atoms with E-state index < -0.39 is 5.91 Å². The largest absolute Gasteiger partial charge is 0.496 e. The van der Waals surface area contributed by atoms with Crippen LogP contribution in [-0.2, 0) is 6.42 Å². The van der Waals surface area contributed by atoms with Crippen LogP contribution in [0.1, 0.15) is 34.0 Å². The zero-order valence-corrected chi connectivity index (χ0v) is 14.5. The number of methoxy groups -OCH3 is 1. The van der Waals surface area contributed by atoms with E-state index in [0.717, 1.165) is 44.5 Å². The number of carbonyl (C=O) groups excluding carboxylic acids is 1. The van der Waals surface area contributed by atoms with Gasteiger partial charge in [0.15, 0.2) is 0 Å². The van der Waals surface area contributed by atoms with Crippen molar-refractivity contribution < 1.29 is 9.53 Å². The van der Waals surface area contributed by atoms with Crippen molar-refractivity contribution in [1.29, 1.82) is 0 Å². The van der Waals surface area contributed by atoms with Gasteiger partial charge in [0.1, 0.15) is 5.75 Å². The highest BCUT2D eigenvalue weighted by Gasteiger charge is 2.24. The lowest BCUT2D eigenvalue weighted by atomic mass is 9.87. The van der Waals surface area contributed by atoms with Gasteiger partial charge in [-0.15, -0.1) is 0 Å². The first-order valence-electron chi connectivity index (χ1n) is 8.07. The SMILES string of the molecule is CCc1c(OC)c(-c2c[nH]c3ccccc23)c(C)c(C)c1C(N)=O. The van der Waals surface area contributed by atoms with Crippen LogP contribution in [0, 0.1) is 13.8 Å². The highest BCUT2D eigenvalue weighted by Crippen LogP contribution is 2.43. The number of ether oxygens (including phenoxy) is 1. The second kappa shape index (κ2) is 6.04.